The minimum atomic E-state index is -3.66. The third-order valence-corrected chi connectivity index (χ3v) is 5.73. The zero-order valence-corrected chi connectivity index (χ0v) is 17.7. The van der Waals surface area contributed by atoms with Gasteiger partial charge in [-0.15, -0.1) is 0 Å². The van der Waals surface area contributed by atoms with E-state index in [0.29, 0.717) is 28.8 Å². The van der Waals surface area contributed by atoms with Gasteiger partial charge < -0.3 is 9.47 Å². The Morgan fingerprint density at radius 3 is 2.33 bits per heavy atom. The minimum Gasteiger partial charge on any atom is -0.466 e. The Labute approximate surface area is 180 Å². The number of benzene rings is 3. The minimum absolute atomic E-state index is 0.129. The lowest BCUT2D eigenvalue weighted by Gasteiger charge is -2.11. The standard InChI is InChI=1S/C22H20ClNO5S/c1-2-28-22(25)15-16-8-13-21(20(23)14-16)29-18-11-9-17(10-12-18)24-30(26,27)19-6-4-3-5-7-19/h3-14,24H,2,15H2,1H3. The number of rotatable bonds is 8. The highest BCUT2D eigenvalue weighted by molar-refractivity contribution is 7.92. The van der Waals surface area contributed by atoms with E-state index in [1.165, 1.54) is 12.1 Å². The van der Waals surface area contributed by atoms with E-state index in [2.05, 4.69) is 4.72 Å². The molecule has 0 bridgehead atoms. The van der Waals surface area contributed by atoms with Crippen LogP contribution in [0.1, 0.15) is 12.5 Å². The van der Waals surface area contributed by atoms with Crippen LogP contribution in [0.3, 0.4) is 0 Å². The maximum absolute atomic E-state index is 12.4. The van der Waals surface area contributed by atoms with E-state index in [9.17, 15) is 13.2 Å². The van der Waals surface area contributed by atoms with E-state index in [1.54, 1.807) is 67.6 Å². The van der Waals surface area contributed by atoms with Crippen molar-refractivity contribution in [3.63, 3.8) is 0 Å². The first-order chi connectivity index (χ1) is 14.4. The van der Waals surface area contributed by atoms with Gasteiger partial charge in [-0.05, 0) is 61.0 Å². The molecule has 0 spiro atoms. The summed E-state index contributed by atoms with van der Waals surface area (Å²) in [6, 6.07) is 19.6. The number of halogens is 1. The van der Waals surface area contributed by atoms with Gasteiger partial charge in [0.2, 0.25) is 0 Å². The Bertz CT molecular complexity index is 1120. The highest BCUT2D eigenvalue weighted by atomic mass is 35.5. The van der Waals surface area contributed by atoms with Gasteiger partial charge in [-0.25, -0.2) is 8.42 Å². The predicted octanol–water partition coefficient (Wildman–Crippen LogP) is 5.04. The normalized spacial score (nSPS) is 11.0. The number of hydrogen-bond acceptors (Lipinski definition) is 5. The van der Waals surface area contributed by atoms with E-state index < -0.39 is 10.0 Å². The van der Waals surface area contributed by atoms with E-state index in [1.807, 2.05) is 0 Å². The second kappa shape index (κ2) is 9.65. The highest BCUT2D eigenvalue weighted by Crippen LogP contribution is 2.31. The van der Waals surface area contributed by atoms with E-state index in [0.717, 1.165) is 5.56 Å². The predicted molar refractivity (Wildman–Crippen MR) is 116 cm³/mol. The molecule has 156 valence electrons. The molecule has 0 saturated heterocycles. The van der Waals surface area contributed by atoms with Crippen molar-refractivity contribution in [3.8, 4) is 11.5 Å². The zero-order chi connectivity index (χ0) is 21.6. The fourth-order valence-corrected chi connectivity index (χ4v) is 3.97. The van der Waals surface area contributed by atoms with Gasteiger partial charge in [-0.3, -0.25) is 9.52 Å². The van der Waals surface area contributed by atoms with Crippen LogP contribution in [0, 0.1) is 0 Å². The summed E-state index contributed by atoms with van der Waals surface area (Å²) in [6.45, 7) is 2.07. The number of hydrogen-bond donors (Lipinski definition) is 1. The maximum Gasteiger partial charge on any atom is 0.310 e. The number of carbonyl (C=O) groups is 1. The Morgan fingerprint density at radius 2 is 1.70 bits per heavy atom. The van der Waals surface area contributed by atoms with E-state index >= 15 is 0 Å². The molecule has 0 aliphatic carbocycles. The molecule has 0 radical (unpaired) electrons. The average molecular weight is 446 g/mol. The third kappa shape index (κ3) is 5.75. The third-order valence-electron chi connectivity index (χ3n) is 4.04. The maximum atomic E-state index is 12.4. The van der Waals surface area contributed by atoms with Crippen molar-refractivity contribution in [2.24, 2.45) is 0 Å². The van der Waals surface area contributed by atoms with Crippen LogP contribution in [0.15, 0.2) is 77.7 Å². The lowest BCUT2D eigenvalue weighted by atomic mass is 10.1. The zero-order valence-electron chi connectivity index (χ0n) is 16.2. The highest BCUT2D eigenvalue weighted by Gasteiger charge is 2.13. The van der Waals surface area contributed by atoms with Gasteiger partial charge in [-0.1, -0.05) is 35.9 Å². The molecule has 8 heteroatoms. The quantitative estimate of drug-likeness (QED) is 0.491. The van der Waals surface area contributed by atoms with E-state index in [-0.39, 0.29) is 17.3 Å². The van der Waals surface area contributed by atoms with Crippen LogP contribution in [-0.2, 0) is 26.0 Å². The molecule has 3 aromatic carbocycles. The molecule has 0 aliphatic heterocycles. The Hall–Kier alpha value is -3.03. The Kier molecular flexibility index (Phi) is 6.97. The molecule has 0 unspecified atom stereocenters. The molecule has 0 aliphatic rings. The fourth-order valence-electron chi connectivity index (χ4n) is 2.65. The first-order valence-corrected chi connectivity index (χ1v) is 11.0. The summed E-state index contributed by atoms with van der Waals surface area (Å²) in [7, 11) is -3.66. The number of nitrogens with one attached hydrogen (secondary N) is 1. The second-order valence-electron chi connectivity index (χ2n) is 6.29. The van der Waals surface area contributed by atoms with Crippen molar-refractivity contribution in [2.75, 3.05) is 11.3 Å². The topological polar surface area (TPSA) is 81.7 Å². The number of anilines is 1. The molecule has 3 rings (SSSR count). The molecule has 1 N–H and O–H groups in total. The molecule has 0 heterocycles. The van der Waals surface area contributed by atoms with Gasteiger partial charge in [0, 0.05) is 5.69 Å². The van der Waals surface area contributed by atoms with Gasteiger partial charge in [0.25, 0.3) is 10.0 Å². The molecule has 0 saturated carbocycles. The fraction of sp³-hybridized carbons (Fsp3) is 0.136. The summed E-state index contributed by atoms with van der Waals surface area (Å²) >= 11 is 6.26. The van der Waals surface area contributed by atoms with Crippen LogP contribution in [0.25, 0.3) is 0 Å². The van der Waals surface area contributed by atoms with E-state index in [4.69, 9.17) is 21.1 Å². The van der Waals surface area contributed by atoms with Gasteiger partial charge >= 0.3 is 5.97 Å². The van der Waals surface area contributed by atoms with Crippen LogP contribution in [-0.4, -0.2) is 21.0 Å². The van der Waals surface area contributed by atoms with Gasteiger partial charge in [-0.2, -0.15) is 0 Å². The van der Waals surface area contributed by atoms with Crippen LogP contribution >= 0.6 is 11.6 Å². The molecular weight excluding hydrogens is 426 g/mol. The van der Waals surface area contributed by atoms with Gasteiger partial charge in [0.05, 0.1) is 22.9 Å². The lowest BCUT2D eigenvalue weighted by molar-refractivity contribution is -0.142. The van der Waals surface area contributed by atoms with Crippen molar-refractivity contribution in [1.29, 1.82) is 0 Å². The molecule has 0 fully saturated rings. The smallest absolute Gasteiger partial charge is 0.310 e. The average Bonchev–Trinajstić information content (AvgIpc) is 2.72. The van der Waals surface area contributed by atoms with Crippen molar-refractivity contribution in [1.82, 2.24) is 0 Å². The summed E-state index contributed by atoms with van der Waals surface area (Å²) < 4.78 is 38.0. The molecule has 6 nitrogen and oxygen atoms in total. The lowest BCUT2D eigenvalue weighted by Crippen LogP contribution is -2.12. The first kappa shape index (κ1) is 21.7. The molecule has 0 aromatic heterocycles. The summed E-state index contributed by atoms with van der Waals surface area (Å²) in [6.07, 6.45) is 0.129. The van der Waals surface area contributed by atoms with Crippen molar-refractivity contribution >= 4 is 33.3 Å². The van der Waals surface area contributed by atoms with Crippen molar-refractivity contribution in [2.45, 2.75) is 18.2 Å². The van der Waals surface area contributed by atoms with Crippen LogP contribution in [0.5, 0.6) is 11.5 Å². The second-order valence-corrected chi connectivity index (χ2v) is 8.38. The molecule has 3 aromatic rings. The Balaban J connectivity index is 1.66. The van der Waals surface area contributed by atoms with Crippen LogP contribution in [0.4, 0.5) is 5.69 Å². The Morgan fingerprint density at radius 1 is 1.00 bits per heavy atom. The van der Waals surface area contributed by atoms with Crippen molar-refractivity contribution in [3.05, 3.63) is 83.4 Å². The monoisotopic (exact) mass is 445 g/mol. The summed E-state index contributed by atoms with van der Waals surface area (Å²) in [5.41, 5.74) is 1.12. The molecule has 0 atom stereocenters. The molecule has 0 amide bonds. The number of sulfonamides is 1. The summed E-state index contributed by atoms with van der Waals surface area (Å²) in [4.78, 5) is 11.8. The van der Waals surface area contributed by atoms with Crippen molar-refractivity contribution < 1.29 is 22.7 Å². The number of esters is 1. The van der Waals surface area contributed by atoms with Crippen LogP contribution in [0.2, 0.25) is 5.02 Å². The number of ether oxygens (including phenoxy) is 2. The summed E-state index contributed by atoms with van der Waals surface area (Å²) in [5, 5.41) is 0.352. The number of carbonyl (C=O) groups excluding carboxylic acids is 1. The van der Waals surface area contributed by atoms with Crippen LogP contribution < -0.4 is 9.46 Å². The van der Waals surface area contributed by atoms with Gasteiger partial charge in [0.1, 0.15) is 11.5 Å². The summed E-state index contributed by atoms with van der Waals surface area (Å²) in [5.74, 6) is 0.579. The first-order valence-electron chi connectivity index (χ1n) is 9.17. The van der Waals surface area contributed by atoms with Gasteiger partial charge in [0.15, 0.2) is 0 Å². The molecular formula is C22H20ClNO5S. The molecule has 30 heavy (non-hydrogen) atoms. The largest absolute Gasteiger partial charge is 0.466 e. The SMILES string of the molecule is CCOC(=O)Cc1ccc(Oc2ccc(NS(=O)(=O)c3ccccc3)cc2)c(Cl)c1.